The average Bonchev–Trinajstić information content (AvgIpc) is 2.10. The van der Waals surface area contributed by atoms with Gasteiger partial charge in [0.25, 0.3) is 0 Å². The van der Waals surface area contributed by atoms with E-state index < -0.39 is 0 Å². The Bertz CT molecular complexity index is 163. The first-order valence-corrected chi connectivity index (χ1v) is 5.70. The molecule has 1 fully saturated rings. The Morgan fingerprint density at radius 2 is 2.21 bits per heavy atom. The zero-order valence-corrected chi connectivity index (χ0v) is 9.66. The van der Waals surface area contributed by atoms with Crippen LogP contribution in [0.25, 0.3) is 0 Å². The molecule has 0 aromatic rings. The summed E-state index contributed by atoms with van der Waals surface area (Å²) in [5.41, 5.74) is 0. The van der Waals surface area contributed by atoms with Crippen LogP contribution in [0.3, 0.4) is 0 Å². The molecule has 3 atom stereocenters. The Labute approximate surface area is 87.5 Å². The van der Waals surface area contributed by atoms with E-state index in [2.05, 4.69) is 24.1 Å². The lowest BCUT2D eigenvalue weighted by atomic mass is 9.93. The van der Waals surface area contributed by atoms with E-state index in [1.54, 1.807) is 0 Å². The van der Waals surface area contributed by atoms with Gasteiger partial charge in [0.1, 0.15) is 0 Å². The molecule has 0 aliphatic carbocycles. The summed E-state index contributed by atoms with van der Waals surface area (Å²) in [7, 11) is 1.88. The Morgan fingerprint density at radius 1 is 1.50 bits per heavy atom. The molecule has 3 nitrogen and oxygen atoms in total. The molecule has 0 bridgehead atoms. The van der Waals surface area contributed by atoms with Crippen LogP contribution >= 0.6 is 0 Å². The van der Waals surface area contributed by atoms with Crippen LogP contribution in [0, 0.1) is 5.92 Å². The maximum atomic E-state index is 9.68. The highest BCUT2D eigenvalue weighted by Gasteiger charge is 2.23. The van der Waals surface area contributed by atoms with Gasteiger partial charge in [0.2, 0.25) is 0 Å². The van der Waals surface area contributed by atoms with Crippen molar-refractivity contribution in [1.82, 2.24) is 10.2 Å². The zero-order chi connectivity index (χ0) is 10.6. The topological polar surface area (TPSA) is 35.5 Å². The third-order valence-corrected chi connectivity index (χ3v) is 3.16. The van der Waals surface area contributed by atoms with Crippen molar-refractivity contribution in [2.75, 3.05) is 26.7 Å². The molecule has 3 unspecified atom stereocenters. The molecule has 0 aromatic carbocycles. The number of likely N-dealkylation sites (tertiary alicyclic amines) is 1. The van der Waals surface area contributed by atoms with Gasteiger partial charge in [-0.25, -0.2) is 0 Å². The Hall–Kier alpha value is -0.120. The van der Waals surface area contributed by atoms with Crippen LogP contribution in [0.2, 0.25) is 0 Å². The second kappa shape index (κ2) is 5.69. The maximum absolute atomic E-state index is 9.68. The first-order valence-electron chi connectivity index (χ1n) is 5.70. The Kier molecular flexibility index (Phi) is 4.85. The van der Waals surface area contributed by atoms with E-state index in [1.807, 2.05) is 7.05 Å². The molecule has 1 heterocycles. The minimum atomic E-state index is -0.226. The Balaban J connectivity index is 2.29. The van der Waals surface area contributed by atoms with Crippen molar-refractivity contribution < 1.29 is 5.11 Å². The summed E-state index contributed by atoms with van der Waals surface area (Å²) in [5, 5.41) is 12.7. The second-order valence-corrected chi connectivity index (χ2v) is 4.69. The fourth-order valence-corrected chi connectivity index (χ4v) is 2.30. The molecule has 0 aromatic heterocycles. The minimum absolute atomic E-state index is 0.226. The number of likely N-dealkylation sites (N-methyl/N-ethyl adjacent to an activating group) is 1. The van der Waals surface area contributed by atoms with Crippen LogP contribution in [0.1, 0.15) is 26.7 Å². The predicted octanol–water partition coefficient (Wildman–Crippen LogP) is 0.687. The molecule has 0 radical (unpaired) electrons. The van der Waals surface area contributed by atoms with Crippen molar-refractivity contribution >= 4 is 0 Å². The molecule has 14 heavy (non-hydrogen) atoms. The molecule has 0 spiro atoms. The number of hydrogen-bond donors (Lipinski definition) is 2. The number of hydrogen-bond acceptors (Lipinski definition) is 3. The van der Waals surface area contributed by atoms with Crippen LogP contribution in [0.5, 0.6) is 0 Å². The Morgan fingerprint density at radius 3 is 2.79 bits per heavy atom. The molecule has 1 aliphatic rings. The first-order chi connectivity index (χ1) is 6.63. The van der Waals surface area contributed by atoms with Gasteiger partial charge in [0.05, 0.1) is 6.10 Å². The third-order valence-electron chi connectivity index (χ3n) is 3.16. The van der Waals surface area contributed by atoms with Gasteiger partial charge in [-0.2, -0.15) is 0 Å². The molecule has 3 heteroatoms. The van der Waals surface area contributed by atoms with E-state index in [0.29, 0.717) is 12.6 Å². The SMILES string of the molecule is CNCC(O)CN1CCC(C)CC1C. The summed E-state index contributed by atoms with van der Waals surface area (Å²) in [5.74, 6) is 0.850. The largest absolute Gasteiger partial charge is 0.390 e. The first kappa shape index (κ1) is 12.0. The highest BCUT2D eigenvalue weighted by Crippen LogP contribution is 2.21. The highest BCUT2D eigenvalue weighted by molar-refractivity contribution is 4.78. The quantitative estimate of drug-likeness (QED) is 0.701. The third kappa shape index (κ3) is 3.56. The highest BCUT2D eigenvalue weighted by atomic mass is 16.3. The molecule has 2 N–H and O–H groups in total. The van der Waals surface area contributed by atoms with Crippen LogP contribution in [0.15, 0.2) is 0 Å². The molecular weight excluding hydrogens is 176 g/mol. The van der Waals surface area contributed by atoms with E-state index >= 15 is 0 Å². The summed E-state index contributed by atoms with van der Waals surface area (Å²) < 4.78 is 0. The molecule has 1 aliphatic heterocycles. The summed E-state index contributed by atoms with van der Waals surface area (Å²) in [6.07, 6.45) is 2.32. The fourth-order valence-electron chi connectivity index (χ4n) is 2.30. The van der Waals surface area contributed by atoms with Gasteiger partial charge in [-0.3, -0.25) is 4.90 Å². The number of nitrogens with zero attached hydrogens (tertiary/aromatic N) is 1. The van der Waals surface area contributed by atoms with E-state index in [1.165, 1.54) is 12.8 Å². The lowest BCUT2D eigenvalue weighted by Crippen LogP contribution is -2.46. The summed E-state index contributed by atoms with van der Waals surface area (Å²) in [6, 6.07) is 0.630. The monoisotopic (exact) mass is 200 g/mol. The van der Waals surface area contributed by atoms with Gasteiger partial charge in [-0.15, -0.1) is 0 Å². The summed E-state index contributed by atoms with van der Waals surface area (Å²) >= 11 is 0. The van der Waals surface area contributed by atoms with Crippen molar-refractivity contribution in [2.24, 2.45) is 5.92 Å². The minimum Gasteiger partial charge on any atom is -0.390 e. The number of nitrogens with one attached hydrogen (secondary N) is 1. The van der Waals surface area contributed by atoms with E-state index in [4.69, 9.17) is 0 Å². The van der Waals surface area contributed by atoms with Crippen molar-refractivity contribution in [3.8, 4) is 0 Å². The molecule has 1 rings (SSSR count). The van der Waals surface area contributed by atoms with Gasteiger partial charge in [0, 0.05) is 19.1 Å². The van der Waals surface area contributed by atoms with Crippen LogP contribution < -0.4 is 5.32 Å². The van der Waals surface area contributed by atoms with Gasteiger partial charge in [-0.1, -0.05) is 6.92 Å². The van der Waals surface area contributed by atoms with Gasteiger partial charge in [0.15, 0.2) is 0 Å². The number of rotatable bonds is 4. The van der Waals surface area contributed by atoms with Crippen LogP contribution in [0.4, 0.5) is 0 Å². The summed E-state index contributed by atoms with van der Waals surface area (Å²) in [4.78, 5) is 2.40. The summed E-state index contributed by atoms with van der Waals surface area (Å²) in [6.45, 7) is 7.23. The zero-order valence-electron chi connectivity index (χ0n) is 9.66. The van der Waals surface area contributed by atoms with Gasteiger partial charge in [-0.05, 0) is 39.3 Å². The maximum Gasteiger partial charge on any atom is 0.0791 e. The lowest BCUT2D eigenvalue weighted by Gasteiger charge is -2.37. The fraction of sp³-hybridized carbons (Fsp3) is 1.00. The normalized spacial score (nSPS) is 31.7. The molecule has 84 valence electrons. The van der Waals surface area contributed by atoms with Crippen LogP contribution in [-0.2, 0) is 0 Å². The molecular formula is C11H24N2O. The van der Waals surface area contributed by atoms with Crippen molar-refractivity contribution in [3.05, 3.63) is 0 Å². The van der Waals surface area contributed by atoms with Crippen molar-refractivity contribution in [3.63, 3.8) is 0 Å². The standard InChI is InChI=1S/C11H24N2O/c1-9-4-5-13(10(2)6-9)8-11(14)7-12-3/h9-12,14H,4-8H2,1-3H3. The number of aliphatic hydroxyl groups is 1. The molecule has 0 saturated carbocycles. The average molecular weight is 200 g/mol. The number of β-amino-alcohol motifs (C(OH)–C–C–N with tert-alkyl or cyclic N) is 1. The van der Waals surface area contributed by atoms with Gasteiger partial charge >= 0.3 is 0 Å². The molecule has 0 amide bonds. The van der Waals surface area contributed by atoms with Crippen molar-refractivity contribution in [1.29, 1.82) is 0 Å². The number of piperidine rings is 1. The predicted molar refractivity (Wildman–Crippen MR) is 59.4 cm³/mol. The molecule has 1 saturated heterocycles. The van der Waals surface area contributed by atoms with Gasteiger partial charge < -0.3 is 10.4 Å². The number of aliphatic hydroxyl groups excluding tert-OH is 1. The van der Waals surface area contributed by atoms with Crippen LogP contribution in [-0.4, -0.2) is 48.8 Å². The second-order valence-electron chi connectivity index (χ2n) is 4.69. The van der Waals surface area contributed by atoms with E-state index in [9.17, 15) is 5.11 Å². The van der Waals surface area contributed by atoms with E-state index in [0.717, 1.165) is 19.0 Å². The smallest absolute Gasteiger partial charge is 0.0791 e. The van der Waals surface area contributed by atoms with Crippen molar-refractivity contribution in [2.45, 2.75) is 38.8 Å². The van der Waals surface area contributed by atoms with E-state index in [-0.39, 0.29) is 6.10 Å². The lowest BCUT2D eigenvalue weighted by molar-refractivity contribution is 0.0612.